The molecular weight excluding hydrogens is 334 g/mol. The van der Waals surface area contributed by atoms with E-state index in [4.69, 9.17) is 14.2 Å². The second-order valence-corrected chi connectivity index (χ2v) is 5.34. The zero-order valence-corrected chi connectivity index (χ0v) is 15.2. The highest BCUT2D eigenvalue weighted by Crippen LogP contribution is 2.39. The van der Waals surface area contributed by atoms with Gasteiger partial charge in [0.25, 0.3) is 0 Å². The Morgan fingerprint density at radius 3 is 2.38 bits per heavy atom. The predicted octanol–water partition coefficient (Wildman–Crippen LogP) is 1.37. The summed E-state index contributed by atoms with van der Waals surface area (Å²) in [5, 5.41) is 6.22. The van der Waals surface area contributed by atoms with E-state index < -0.39 is 0 Å². The molecule has 1 heterocycles. The van der Waals surface area contributed by atoms with Crippen molar-refractivity contribution in [2.24, 2.45) is 0 Å². The Morgan fingerprint density at radius 2 is 1.79 bits per heavy atom. The van der Waals surface area contributed by atoms with Gasteiger partial charge in [-0.1, -0.05) is 0 Å². The molecule has 1 aromatic carbocycles. The maximum absolute atomic E-state index is 12.3. The van der Waals surface area contributed by atoms with Crippen molar-refractivity contribution in [1.82, 2.24) is 10.2 Å². The number of amides is 1. The molecule has 0 aliphatic carbocycles. The summed E-state index contributed by atoms with van der Waals surface area (Å²) in [6, 6.07) is 3.45. The average Bonchev–Trinajstić information content (AvgIpc) is 2.82. The second kappa shape index (κ2) is 10.2. The van der Waals surface area contributed by atoms with Crippen LogP contribution in [0.1, 0.15) is 6.42 Å². The number of nitrogens with one attached hydrogen (secondary N) is 2. The summed E-state index contributed by atoms with van der Waals surface area (Å²) in [4.78, 5) is 14.4. The predicted molar refractivity (Wildman–Crippen MR) is 95.9 cm³/mol. The Morgan fingerprint density at radius 1 is 1.12 bits per heavy atom. The number of ether oxygens (including phenoxy) is 3. The fourth-order valence-electron chi connectivity index (χ4n) is 2.62. The van der Waals surface area contributed by atoms with Crippen LogP contribution >= 0.6 is 12.4 Å². The molecule has 24 heavy (non-hydrogen) atoms. The SMILES string of the molecule is COc1cc(NC(=O)CN2CCCNCC2)cc(OC)c1OC.Cl. The molecule has 0 aromatic heterocycles. The Labute approximate surface area is 149 Å². The number of hydrogen-bond donors (Lipinski definition) is 2. The van der Waals surface area contributed by atoms with Crippen LogP contribution in [0.15, 0.2) is 12.1 Å². The molecule has 0 spiro atoms. The lowest BCUT2D eigenvalue weighted by molar-refractivity contribution is -0.117. The standard InChI is InChI=1S/C16H25N3O4.ClH/c1-21-13-9-12(10-14(22-2)16(13)23-3)18-15(20)11-19-7-4-5-17-6-8-19;/h9-10,17H,4-8,11H2,1-3H3,(H,18,20);1H. The largest absolute Gasteiger partial charge is 0.493 e. The maximum atomic E-state index is 12.3. The molecule has 2 rings (SSSR count). The third-order valence-electron chi connectivity index (χ3n) is 3.75. The highest BCUT2D eigenvalue weighted by atomic mass is 35.5. The molecule has 0 unspecified atom stereocenters. The Bertz CT molecular complexity index is 509. The van der Waals surface area contributed by atoms with Crippen LogP contribution in [0.3, 0.4) is 0 Å². The smallest absolute Gasteiger partial charge is 0.238 e. The molecule has 1 fully saturated rings. The number of hydrogen-bond acceptors (Lipinski definition) is 6. The summed E-state index contributed by atoms with van der Waals surface area (Å²) in [5.74, 6) is 1.48. The monoisotopic (exact) mass is 359 g/mol. The first-order valence-corrected chi connectivity index (χ1v) is 7.71. The number of halogens is 1. The lowest BCUT2D eigenvalue weighted by Crippen LogP contribution is -2.35. The van der Waals surface area contributed by atoms with Crippen LogP contribution in [0.25, 0.3) is 0 Å². The van der Waals surface area contributed by atoms with E-state index in [1.807, 2.05) is 0 Å². The number of carbonyl (C=O) groups is 1. The zero-order chi connectivity index (χ0) is 16.7. The molecule has 1 aromatic rings. The van der Waals surface area contributed by atoms with Crippen molar-refractivity contribution < 1.29 is 19.0 Å². The first-order chi connectivity index (χ1) is 11.2. The number of anilines is 1. The average molecular weight is 360 g/mol. The van der Waals surface area contributed by atoms with E-state index in [1.54, 1.807) is 33.5 Å². The van der Waals surface area contributed by atoms with Gasteiger partial charge in [-0.2, -0.15) is 0 Å². The third kappa shape index (κ3) is 5.43. The highest BCUT2D eigenvalue weighted by Gasteiger charge is 2.16. The number of methoxy groups -OCH3 is 3. The lowest BCUT2D eigenvalue weighted by atomic mass is 10.2. The van der Waals surface area contributed by atoms with Gasteiger partial charge >= 0.3 is 0 Å². The molecule has 1 aliphatic rings. The molecule has 1 amide bonds. The van der Waals surface area contributed by atoms with E-state index in [1.165, 1.54) is 0 Å². The van der Waals surface area contributed by atoms with E-state index in [-0.39, 0.29) is 18.3 Å². The topological polar surface area (TPSA) is 72.1 Å². The molecule has 1 aliphatic heterocycles. The van der Waals surface area contributed by atoms with E-state index >= 15 is 0 Å². The van der Waals surface area contributed by atoms with Gasteiger partial charge in [0.2, 0.25) is 11.7 Å². The van der Waals surface area contributed by atoms with E-state index in [9.17, 15) is 4.79 Å². The van der Waals surface area contributed by atoms with Crippen molar-refractivity contribution in [2.45, 2.75) is 6.42 Å². The van der Waals surface area contributed by atoms with Gasteiger partial charge in [0, 0.05) is 30.9 Å². The fraction of sp³-hybridized carbons (Fsp3) is 0.562. The van der Waals surface area contributed by atoms with Crippen LogP contribution in [-0.2, 0) is 4.79 Å². The first kappa shape index (κ1) is 20.3. The molecule has 136 valence electrons. The minimum absolute atomic E-state index is 0. The van der Waals surface area contributed by atoms with Crippen LogP contribution in [0.4, 0.5) is 5.69 Å². The summed E-state index contributed by atoms with van der Waals surface area (Å²) < 4.78 is 15.9. The second-order valence-electron chi connectivity index (χ2n) is 5.34. The molecule has 8 heteroatoms. The molecule has 1 saturated heterocycles. The summed E-state index contributed by atoms with van der Waals surface area (Å²) in [7, 11) is 4.65. The van der Waals surface area contributed by atoms with Crippen LogP contribution in [0.2, 0.25) is 0 Å². The van der Waals surface area contributed by atoms with Crippen LogP contribution in [0.5, 0.6) is 17.2 Å². The van der Waals surface area contributed by atoms with Crippen molar-refractivity contribution in [3.63, 3.8) is 0 Å². The van der Waals surface area contributed by atoms with E-state index in [0.717, 1.165) is 32.6 Å². The van der Waals surface area contributed by atoms with Gasteiger partial charge < -0.3 is 24.8 Å². The summed E-state index contributed by atoms with van der Waals surface area (Å²) in [6.45, 7) is 4.10. The lowest BCUT2D eigenvalue weighted by Gasteiger charge is -2.19. The molecule has 2 N–H and O–H groups in total. The minimum Gasteiger partial charge on any atom is -0.493 e. The van der Waals surface area contributed by atoms with Gasteiger partial charge in [-0.05, 0) is 19.5 Å². The molecule has 0 radical (unpaired) electrons. The molecule has 0 atom stereocenters. The van der Waals surface area contributed by atoms with Crippen molar-refractivity contribution >= 4 is 24.0 Å². The van der Waals surface area contributed by atoms with E-state index in [0.29, 0.717) is 29.5 Å². The van der Waals surface area contributed by atoms with Gasteiger partial charge in [0.1, 0.15) is 0 Å². The van der Waals surface area contributed by atoms with Gasteiger partial charge in [-0.15, -0.1) is 12.4 Å². The quantitative estimate of drug-likeness (QED) is 0.799. The Hall–Kier alpha value is -1.70. The van der Waals surface area contributed by atoms with Crippen molar-refractivity contribution in [2.75, 3.05) is 59.4 Å². The molecule has 7 nitrogen and oxygen atoms in total. The minimum atomic E-state index is -0.0545. The maximum Gasteiger partial charge on any atom is 0.238 e. The van der Waals surface area contributed by atoms with Gasteiger partial charge in [0.05, 0.1) is 27.9 Å². The van der Waals surface area contributed by atoms with Crippen LogP contribution in [0, 0.1) is 0 Å². The fourth-order valence-corrected chi connectivity index (χ4v) is 2.62. The van der Waals surface area contributed by atoms with Crippen molar-refractivity contribution in [1.29, 1.82) is 0 Å². The molecule has 0 bridgehead atoms. The van der Waals surface area contributed by atoms with Gasteiger partial charge in [-0.3, -0.25) is 9.69 Å². The summed E-state index contributed by atoms with van der Waals surface area (Å²) >= 11 is 0. The summed E-state index contributed by atoms with van der Waals surface area (Å²) in [6.07, 6.45) is 1.05. The normalized spacial score (nSPS) is 15.0. The number of carbonyl (C=O) groups excluding carboxylic acids is 1. The zero-order valence-electron chi connectivity index (χ0n) is 14.4. The Kier molecular flexibility index (Phi) is 8.67. The number of benzene rings is 1. The summed E-state index contributed by atoms with van der Waals surface area (Å²) in [5.41, 5.74) is 0.623. The van der Waals surface area contributed by atoms with E-state index in [2.05, 4.69) is 15.5 Å². The van der Waals surface area contributed by atoms with Gasteiger partial charge in [0.15, 0.2) is 11.5 Å². The third-order valence-corrected chi connectivity index (χ3v) is 3.75. The molecule has 0 saturated carbocycles. The number of nitrogens with zero attached hydrogens (tertiary/aromatic N) is 1. The van der Waals surface area contributed by atoms with Gasteiger partial charge in [-0.25, -0.2) is 0 Å². The van der Waals surface area contributed by atoms with Crippen molar-refractivity contribution in [3.8, 4) is 17.2 Å². The highest BCUT2D eigenvalue weighted by molar-refractivity contribution is 5.93. The van der Waals surface area contributed by atoms with Crippen LogP contribution in [-0.4, -0.2) is 64.9 Å². The molecular formula is C16H26ClN3O4. The van der Waals surface area contributed by atoms with Crippen LogP contribution < -0.4 is 24.8 Å². The number of rotatable bonds is 6. The van der Waals surface area contributed by atoms with Crippen molar-refractivity contribution in [3.05, 3.63) is 12.1 Å². The Balaban J connectivity index is 0.00000288. The first-order valence-electron chi connectivity index (χ1n) is 7.71.